The molecule has 0 radical (unpaired) electrons. The summed E-state index contributed by atoms with van der Waals surface area (Å²) in [5.74, 6) is 0.0953. The van der Waals surface area contributed by atoms with Crippen LogP contribution in [0, 0.1) is 0 Å². The molecule has 0 aliphatic heterocycles. The number of esters is 1. The lowest BCUT2D eigenvalue weighted by atomic mass is 9.92. The number of rotatable bonds is 8. The van der Waals surface area contributed by atoms with Crippen LogP contribution in [-0.4, -0.2) is 34.4 Å². The molecule has 0 spiro atoms. The maximum atomic E-state index is 13.0. The van der Waals surface area contributed by atoms with Gasteiger partial charge in [0.25, 0.3) is 5.91 Å². The zero-order valence-electron chi connectivity index (χ0n) is 19.1. The van der Waals surface area contributed by atoms with Crippen molar-refractivity contribution in [3.8, 4) is 0 Å². The van der Waals surface area contributed by atoms with Gasteiger partial charge in [-0.2, -0.15) is 0 Å². The quantitative estimate of drug-likeness (QED) is 0.467. The number of benzene rings is 1. The van der Waals surface area contributed by atoms with Gasteiger partial charge in [-0.25, -0.2) is 4.98 Å². The fraction of sp³-hybridized carbons (Fsp3) is 0.375. The maximum Gasteiger partial charge on any atom is 0.325 e. The molecular weight excluding hydrogens is 406 g/mol. The Morgan fingerprint density at radius 2 is 1.91 bits per heavy atom. The number of hydrogen-bond acceptors (Lipinski definition) is 6. The Bertz CT molecular complexity index is 1110. The SMILES string of the molecule is CCOC(=O)CNc1c(C(C)(C)C)nc2c(C(=O)NCc3cccc(CN)c3)cccn12. The average Bonchev–Trinajstić information content (AvgIpc) is 3.15. The van der Waals surface area contributed by atoms with Gasteiger partial charge in [-0.1, -0.05) is 45.0 Å². The van der Waals surface area contributed by atoms with Gasteiger partial charge in [0.2, 0.25) is 0 Å². The molecule has 1 aromatic carbocycles. The second-order valence-electron chi connectivity index (χ2n) is 8.54. The topological polar surface area (TPSA) is 111 Å². The average molecular weight is 438 g/mol. The van der Waals surface area contributed by atoms with Gasteiger partial charge in [0.1, 0.15) is 12.4 Å². The molecule has 0 bridgehead atoms. The van der Waals surface area contributed by atoms with Gasteiger partial charge < -0.3 is 21.1 Å². The number of nitrogens with zero attached hydrogens (tertiary/aromatic N) is 2. The first-order valence-electron chi connectivity index (χ1n) is 10.7. The standard InChI is InChI=1S/C24H31N5O3/c1-5-32-19(30)15-26-22-20(24(2,3)4)28-21-18(10-7-11-29(21)22)23(31)27-14-17-9-6-8-16(12-17)13-25/h6-12,26H,5,13-15,25H2,1-4H3,(H,27,31). The van der Waals surface area contributed by atoms with E-state index >= 15 is 0 Å². The number of pyridine rings is 1. The van der Waals surface area contributed by atoms with Crippen LogP contribution in [0.4, 0.5) is 5.82 Å². The highest BCUT2D eigenvalue weighted by Gasteiger charge is 2.26. The van der Waals surface area contributed by atoms with Crippen molar-refractivity contribution in [2.75, 3.05) is 18.5 Å². The Morgan fingerprint density at radius 1 is 1.16 bits per heavy atom. The Balaban J connectivity index is 1.90. The van der Waals surface area contributed by atoms with Crippen LogP contribution in [0.5, 0.6) is 0 Å². The fourth-order valence-electron chi connectivity index (χ4n) is 3.45. The summed E-state index contributed by atoms with van der Waals surface area (Å²) in [7, 11) is 0. The van der Waals surface area contributed by atoms with Gasteiger partial charge in [0.05, 0.1) is 17.9 Å². The van der Waals surface area contributed by atoms with Crippen molar-refractivity contribution in [3.05, 3.63) is 65.0 Å². The van der Waals surface area contributed by atoms with Crippen molar-refractivity contribution in [2.24, 2.45) is 5.73 Å². The third-order valence-electron chi connectivity index (χ3n) is 4.99. The molecule has 0 saturated carbocycles. The van der Waals surface area contributed by atoms with Gasteiger partial charge >= 0.3 is 5.97 Å². The van der Waals surface area contributed by atoms with Crippen LogP contribution in [-0.2, 0) is 28.0 Å². The fourth-order valence-corrected chi connectivity index (χ4v) is 3.45. The number of ether oxygens (including phenoxy) is 1. The maximum absolute atomic E-state index is 13.0. The largest absolute Gasteiger partial charge is 0.465 e. The van der Waals surface area contributed by atoms with Gasteiger partial charge in [-0.05, 0) is 30.2 Å². The zero-order chi connectivity index (χ0) is 23.3. The summed E-state index contributed by atoms with van der Waals surface area (Å²) in [5.41, 5.74) is 9.13. The molecule has 170 valence electrons. The van der Waals surface area contributed by atoms with Crippen LogP contribution in [0.3, 0.4) is 0 Å². The number of aromatic nitrogens is 2. The molecule has 0 fully saturated rings. The molecule has 0 atom stereocenters. The van der Waals surface area contributed by atoms with E-state index in [1.165, 1.54) is 0 Å². The summed E-state index contributed by atoms with van der Waals surface area (Å²) >= 11 is 0. The Labute approximate surface area is 188 Å². The minimum atomic E-state index is -0.351. The minimum Gasteiger partial charge on any atom is -0.465 e. The number of carbonyl (C=O) groups excluding carboxylic acids is 2. The molecule has 8 heteroatoms. The van der Waals surface area contributed by atoms with Crippen molar-refractivity contribution in [3.63, 3.8) is 0 Å². The van der Waals surface area contributed by atoms with E-state index in [0.717, 1.165) is 16.8 Å². The van der Waals surface area contributed by atoms with E-state index in [-0.39, 0.29) is 23.8 Å². The van der Waals surface area contributed by atoms with Gasteiger partial charge in [0.15, 0.2) is 5.65 Å². The van der Waals surface area contributed by atoms with Crippen molar-refractivity contribution < 1.29 is 14.3 Å². The molecule has 0 aliphatic carbocycles. The van der Waals surface area contributed by atoms with Crippen LogP contribution in [0.15, 0.2) is 42.6 Å². The molecule has 0 aliphatic rings. The first-order valence-corrected chi connectivity index (χ1v) is 10.7. The number of nitrogens with two attached hydrogens (primary N) is 1. The third-order valence-corrected chi connectivity index (χ3v) is 4.99. The molecule has 1 amide bonds. The summed E-state index contributed by atoms with van der Waals surface area (Å²) in [5, 5.41) is 6.11. The van der Waals surface area contributed by atoms with E-state index < -0.39 is 0 Å². The van der Waals surface area contributed by atoms with Crippen LogP contribution in [0.25, 0.3) is 5.65 Å². The zero-order valence-corrected chi connectivity index (χ0v) is 19.1. The third kappa shape index (κ3) is 5.26. The lowest BCUT2D eigenvalue weighted by molar-refractivity contribution is -0.140. The van der Waals surface area contributed by atoms with E-state index in [9.17, 15) is 9.59 Å². The van der Waals surface area contributed by atoms with E-state index in [0.29, 0.717) is 36.7 Å². The van der Waals surface area contributed by atoms with E-state index in [1.807, 2.05) is 55.6 Å². The summed E-state index contributed by atoms with van der Waals surface area (Å²) in [6.07, 6.45) is 1.83. The number of fused-ring (bicyclic) bond motifs is 1. The highest BCUT2D eigenvalue weighted by molar-refractivity contribution is 6.00. The van der Waals surface area contributed by atoms with Gasteiger partial charge in [-0.15, -0.1) is 0 Å². The Kier molecular flexibility index (Phi) is 7.15. The van der Waals surface area contributed by atoms with E-state index in [1.54, 1.807) is 19.1 Å². The molecule has 3 rings (SSSR count). The van der Waals surface area contributed by atoms with E-state index in [2.05, 4.69) is 10.6 Å². The molecular formula is C24H31N5O3. The predicted molar refractivity (Wildman–Crippen MR) is 125 cm³/mol. The monoisotopic (exact) mass is 437 g/mol. The van der Waals surface area contributed by atoms with Crippen LogP contribution in [0.1, 0.15) is 54.9 Å². The number of amides is 1. The number of imidazole rings is 1. The summed E-state index contributed by atoms with van der Waals surface area (Å²) in [6, 6.07) is 11.3. The molecule has 3 aromatic rings. The molecule has 2 heterocycles. The second kappa shape index (κ2) is 9.82. The summed E-state index contributed by atoms with van der Waals surface area (Å²) < 4.78 is 6.84. The van der Waals surface area contributed by atoms with Crippen LogP contribution < -0.4 is 16.4 Å². The molecule has 0 unspecified atom stereocenters. The van der Waals surface area contributed by atoms with Gasteiger partial charge in [-0.3, -0.25) is 14.0 Å². The number of nitrogens with one attached hydrogen (secondary N) is 2. The molecule has 32 heavy (non-hydrogen) atoms. The van der Waals surface area contributed by atoms with Crippen molar-refractivity contribution >= 4 is 23.3 Å². The van der Waals surface area contributed by atoms with Gasteiger partial charge in [0, 0.05) is 24.7 Å². The minimum absolute atomic E-state index is 0.0125. The number of anilines is 1. The smallest absolute Gasteiger partial charge is 0.325 e. The summed E-state index contributed by atoms with van der Waals surface area (Å²) in [4.78, 5) is 29.7. The first-order chi connectivity index (χ1) is 15.2. The molecule has 8 nitrogen and oxygen atoms in total. The van der Waals surface area contributed by atoms with Crippen LogP contribution in [0.2, 0.25) is 0 Å². The molecule has 4 N–H and O–H groups in total. The number of hydrogen-bond donors (Lipinski definition) is 3. The summed E-state index contributed by atoms with van der Waals surface area (Å²) in [6.45, 7) is 9.04. The number of carbonyl (C=O) groups is 2. The highest BCUT2D eigenvalue weighted by Crippen LogP contribution is 2.31. The normalized spacial score (nSPS) is 11.4. The highest BCUT2D eigenvalue weighted by atomic mass is 16.5. The van der Waals surface area contributed by atoms with Crippen molar-refractivity contribution in [1.29, 1.82) is 0 Å². The lowest BCUT2D eigenvalue weighted by Gasteiger charge is -2.18. The first kappa shape index (κ1) is 23.3. The van der Waals surface area contributed by atoms with Crippen molar-refractivity contribution in [2.45, 2.75) is 46.2 Å². The van der Waals surface area contributed by atoms with E-state index in [4.69, 9.17) is 15.5 Å². The van der Waals surface area contributed by atoms with Crippen LogP contribution >= 0.6 is 0 Å². The molecule has 0 saturated heterocycles. The molecule has 2 aromatic heterocycles. The Hall–Kier alpha value is -3.39. The van der Waals surface area contributed by atoms with Crippen molar-refractivity contribution in [1.82, 2.24) is 14.7 Å². The lowest BCUT2D eigenvalue weighted by Crippen LogP contribution is -2.23. The Morgan fingerprint density at radius 3 is 2.59 bits per heavy atom. The second-order valence-corrected chi connectivity index (χ2v) is 8.54. The predicted octanol–water partition coefficient (Wildman–Crippen LogP) is 3.00.